The maximum Gasteiger partial charge on any atom is 0.160 e. The summed E-state index contributed by atoms with van der Waals surface area (Å²) in [7, 11) is 0. The van der Waals surface area contributed by atoms with E-state index in [1.54, 1.807) is 26.0 Å². The van der Waals surface area contributed by atoms with Crippen molar-refractivity contribution in [2.75, 3.05) is 13.1 Å². The van der Waals surface area contributed by atoms with E-state index >= 15 is 0 Å². The summed E-state index contributed by atoms with van der Waals surface area (Å²) < 4.78 is 0. The third-order valence-corrected chi connectivity index (χ3v) is 5.98. The summed E-state index contributed by atoms with van der Waals surface area (Å²) in [6, 6.07) is 13.8. The van der Waals surface area contributed by atoms with Gasteiger partial charge in [0.1, 0.15) is 0 Å². The van der Waals surface area contributed by atoms with Crippen LogP contribution in [0.1, 0.15) is 45.6 Å². The number of rotatable bonds is 10. The third kappa shape index (κ3) is 5.98. The molecule has 0 spiro atoms. The quantitative estimate of drug-likeness (QED) is 0.212. The molecular weight excluding hydrogens is 436 g/mol. The number of benzene rings is 3. The highest BCUT2D eigenvalue weighted by molar-refractivity contribution is 5.49. The standard InChI is InChI=1S/C26H32N2O6/c1-15-19(7-9-21(29)25(15)33)23(31)13-27-11-17-3-5-18(6-4-17)12-28-14-24(32)20-8-10-22(30)26(34)16(20)2/h3-10,23-24,27-34H,11-14H2,1-2H3. The van der Waals surface area contributed by atoms with Crippen molar-refractivity contribution in [3.8, 4) is 23.0 Å². The number of phenols is 4. The Bertz CT molecular complexity index is 1030. The lowest BCUT2D eigenvalue weighted by molar-refractivity contribution is 0.172. The molecule has 0 aliphatic heterocycles. The summed E-state index contributed by atoms with van der Waals surface area (Å²) in [5, 5.41) is 65.9. The van der Waals surface area contributed by atoms with Crippen LogP contribution in [0.5, 0.6) is 23.0 Å². The van der Waals surface area contributed by atoms with Crippen LogP contribution in [0.15, 0.2) is 48.5 Å². The van der Waals surface area contributed by atoms with Gasteiger partial charge < -0.3 is 41.3 Å². The zero-order valence-corrected chi connectivity index (χ0v) is 19.3. The largest absolute Gasteiger partial charge is 0.504 e. The number of hydrogen-bond acceptors (Lipinski definition) is 8. The average molecular weight is 469 g/mol. The molecule has 2 atom stereocenters. The smallest absolute Gasteiger partial charge is 0.160 e. The van der Waals surface area contributed by atoms with E-state index in [0.29, 0.717) is 48.4 Å². The predicted octanol–water partition coefficient (Wildman–Crippen LogP) is 2.77. The first-order valence-electron chi connectivity index (χ1n) is 11.1. The minimum absolute atomic E-state index is 0.208. The van der Waals surface area contributed by atoms with E-state index in [9.17, 15) is 30.6 Å². The lowest BCUT2D eigenvalue weighted by Crippen LogP contribution is -2.22. The van der Waals surface area contributed by atoms with Crippen LogP contribution >= 0.6 is 0 Å². The highest BCUT2D eigenvalue weighted by atomic mass is 16.3. The Labute approximate surface area is 198 Å². The van der Waals surface area contributed by atoms with E-state index in [1.165, 1.54) is 12.1 Å². The molecule has 8 N–H and O–H groups in total. The minimum atomic E-state index is -0.819. The number of aliphatic hydroxyl groups excluding tert-OH is 2. The van der Waals surface area contributed by atoms with Crippen molar-refractivity contribution in [1.29, 1.82) is 0 Å². The van der Waals surface area contributed by atoms with Gasteiger partial charge in [-0.05, 0) is 48.2 Å². The summed E-state index contributed by atoms with van der Waals surface area (Å²) in [6.45, 7) is 4.98. The van der Waals surface area contributed by atoms with Crippen LogP contribution < -0.4 is 10.6 Å². The van der Waals surface area contributed by atoms with Crippen LogP contribution in [-0.2, 0) is 13.1 Å². The molecule has 8 nitrogen and oxygen atoms in total. The Morgan fingerprint density at radius 2 is 0.941 bits per heavy atom. The highest BCUT2D eigenvalue weighted by Crippen LogP contribution is 2.34. The van der Waals surface area contributed by atoms with Gasteiger partial charge in [-0.15, -0.1) is 0 Å². The van der Waals surface area contributed by atoms with Gasteiger partial charge in [-0.1, -0.05) is 36.4 Å². The molecular formula is C26H32N2O6. The van der Waals surface area contributed by atoms with Crippen molar-refractivity contribution in [1.82, 2.24) is 10.6 Å². The number of hydrogen-bond donors (Lipinski definition) is 8. The van der Waals surface area contributed by atoms with Gasteiger partial charge in [0.2, 0.25) is 0 Å². The summed E-state index contributed by atoms with van der Waals surface area (Å²) in [4.78, 5) is 0. The molecule has 0 amide bonds. The fourth-order valence-electron chi connectivity index (χ4n) is 3.83. The molecule has 34 heavy (non-hydrogen) atoms. The van der Waals surface area contributed by atoms with Crippen molar-refractivity contribution in [2.24, 2.45) is 0 Å². The van der Waals surface area contributed by atoms with Crippen LogP contribution in [0.4, 0.5) is 0 Å². The van der Waals surface area contributed by atoms with E-state index in [-0.39, 0.29) is 23.0 Å². The first-order valence-corrected chi connectivity index (χ1v) is 11.1. The predicted molar refractivity (Wildman–Crippen MR) is 129 cm³/mol. The van der Waals surface area contributed by atoms with Crippen molar-refractivity contribution in [3.63, 3.8) is 0 Å². The lowest BCUT2D eigenvalue weighted by atomic mass is 10.0. The molecule has 3 rings (SSSR count). The van der Waals surface area contributed by atoms with Crippen molar-refractivity contribution < 1.29 is 30.6 Å². The second kappa shape index (κ2) is 11.2. The van der Waals surface area contributed by atoms with Crippen LogP contribution in [0.2, 0.25) is 0 Å². The molecule has 0 saturated heterocycles. The molecule has 0 aliphatic carbocycles. The van der Waals surface area contributed by atoms with E-state index in [4.69, 9.17) is 0 Å². The first kappa shape index (κ1) is 25.3. The lowest BCUT2D eigenvalue weighted by Gasteiger charge is -2.16. The van der Waals surface area contributed by atoms with Gasteiger partial charge in [0.25, 0.3) is 0 Å². The fourth-order valence-corrected chi connectivity index (χ4v) is 3.83. The molecule has 182 valence electrons. The van der Waals surface area contributed by atoms with Gasteiger partial charge >= 0.3 is 0 Å². The molecule has 0 aromatic heterocycles. The summed E-state index contributed by atoms with van der Waals surface area (Å²) in [5.74, 6) is -0.852. The Balaban J connectivity index is 1.44. The first-order chi connectivity index (χ1) is 16.2. The van der Waals surface area contributed by atoms with E-state index in [0.717, 1.165) is 11.1 Å². The molecule has 8 heteroatoms. The Hall–Kier alpha value is -3.30. The molecule has 2 unspecified atom stereocenters. The summed E-state index contributed by atoms with van der Waals surface area (Å²) in [5.41, 5.74) is 4.10. The average Bonchev–Trinajstić information content (AvgIpc) is 2.82. The molecule has 0 fully saturated rings. The highest BCUT2D eigenvalue weighted by Gasteiger charge is 2.16. The number of nitrogens with one attached hydrogen (secondary N) is 2. The van der Waals surface area contributed by atoms with Gasteiger partial charge in [0, 0.05) is 37.3 Å². The van der Waals surface area contributed by atoms with E-state index in [1.807, 2.05) is 24.3 Å². The molecule has 0 aliphatic rings. The molecule has 0 saturated carbocycles. The van der Waals surface area contributed by atoms with E-state index < -0.39 is 12.2 Å². The maximum atomic E-state index is 10.4. The molecule has 0 bridgehead atoms. The van der Waals surface area contributed by atoms with Crippen molar-refractivity contribution >= 4 is 0 Å². The van der Waals surface area contributed by atoms with Crippen molar-refractivity contribution in [2.45, 2.75) is 39.1 Å². The second-order valence-electron chi connectivity index (χ2n) is 8.40. The Morgan fingerprint density at radius 3 is 1.29 bits per heavy atom. The van der Waals surface area contributed by atoms with Crippen LogP contribution in [-0.4, -0.2) is 43.7 Å². The van der Waals surface area contributed by atoms with Gasteiger partial charge in [-0.3, -0.25) is 0 Å². The summed E-state index contributed by atoms with van der Waals surface area (Å²) in [6.07, 6.45) is -1.64. The van der Waals surface area contributed by atoms with Gasteiger partial charge in [0.05, 0.1) is 12.2 Å². The van der Waals surface area contributed by atoms with Crippen molar-refractivity contribution in [3.05, 3.63) is 81.9 Å². The van der Waals surface area contributed by atoms with Crippen LogP contribution in [0.25, 0.3) is 0 Å². The van der Waals surface area contributed by atoms with Gasteiger partial charge in [0.15, 0.2) is 23.0 Å². The number of aliphatic hydroxyl groups is 2. The molecule has 0 radical (unpaired) electrons. The van der Waals surface area contributed by atoms with Gasteiger partial charge in [-0.25, -0.2) is 0 Å². The van der Waals surface area contributed by atoms with E-state index in [2.05, 4.69) is 10.6 Å². The number of aromatic hydroxyl groups is 4. The zero-order chi connectivity index (χ0) is 24.8. The topological polar surface area (TPSA) is 145 Å². The van der Waals surface area contributed by atoms with Crippen LogP contribution in [0.3, 0.4) is 0 Å². The fraction of sp³-hybridized carbons (Fsp3) is 0.308. The number of phenolic OH excluding ortho intramolecular Hbond substituents is 4. The zero-order valence-electron chi connectivity index (χ0n) is 19.3. The second-order valence-corrected chi connectivity index (χ2v) is 8.40. The van der Waals surface area contributed by atoms with Gasteiger partial charge in [-0.2, -0.15) is 0 Å². The Kier molecular flexibility index (Phi) is 8.36. The normalized spacial score (nSPS) is 13.1. The monoisotopic (exact) mass is 468 g/mol. The molecule has 3 aromatic rings. The minimum Gasteiger partial charge on any atom is -0.504 e. The summed E-state index contributed by atoms with van der Waals surface area (Å²) >= 11 is 0. The Morgan fingerprint density at radius 1 is 0.588 bits per heavy atom. The van der Waals surface area contributed by atoms with Crippen LogP contribution in [0, 0.1) is 13.8 Å². The molecule has 3 aromatic carbocycles. The molecule has 0 heterocycles. The third-order valence-electron chi connectivity index (χ3n) is 5.98. The maximum absolute atomic E-state index is 10.4. The SMILES string of the molecule is Cc1c(C(O)CNCc2ccc(CNCC(O)c3ccc(O)c(O)c3C)cc2)ccc(O)c1O.